The van der Waals surface area contributed by atoms with Crippen molar-refractivity contribution in [3.05, 3.63) is 0 Å². The van der Waals surface area contributed by atoms with Crippen molar-refractivity contribution in [1.29, 1.82) is 0 Å². The molecule has 0 spiro atoms. The van der Waals surface area contributed by atoms with Gasteiger partial charge in [0.1, 0.15) is 0 Å². The molecule has 0 atom stereocenters. The van der Waals surface area contributed by atoms with Gasteiger partial charge in [-0.2, -0.15) is 0 Å². The summed E-state index contributed by atoms with van der Waals surface area (Å²) in [5, 5.41) is 3.56. The van der Waals surface area contributed by atoms with E-state index >= 15 is 0 Å². The SMILES string of the molecule is CN1CCC(N(C)CCCCNC(C)(C)C)CC1. The summed E-state index contributed by atoms with van der Waals surface area (Å²) < 4.78 is 0. The first-order chi connectivity index (χ1) is 8.38. The van der Waals surface area contributed by atoms with E-state index in [0.29, 0.717) is 0 Å². The zero-order chi connectivity index (χ0) is 13.6. The molecule has 1 rings (SSSR count). The van der Waals surface area contributed by atoms with Gasteiger partial charge in [0.2, 0.25) is 0 Å². The lowest BCUT2D eigenvalue weighted by molar-refractivity contribution is 0.142. The lowest BCUT2D eigenvalue weighted by Crippen LogP contribution is -2.42. The average Bonchev–Trinajstić information content (AvgIpc) is 2.27. The molecule has 0 aromatic heterocycles. The second kappa shape index (κ2) is 7.46. The van der Waals surface area contributed by atoms with Gasteiger partial charge >= 0.3 is 0 Å². The second-order valence-electron chi connectivity index (χ2n) is 6.90. The van der Waals surface area contributed by atoms with Crippen molar-refractivity contribution in [2.24, 2.45) is 0 Å². The fourth-order valence-electron chi connectivity index (χ4n) is 2.57. The van der Waals surface area contributed by atoms with E-state index in [4.69, 9.17) is 0 Å². The van der Waals surface area contributed by atoms with Crippen molar-refractivity contribution in [1.82, 2.24) is 15.1 Å². The quantitative estimate of drug-likeness (QED) is 0.734. The molecule has 0 aliphatic carbocycles. The third kappa shape index (κ3) is 6.72. The molecule has 3 nitrogen and oxygen atoms in total. The van der Waals surface area contributed by atoms with Gasteiger partial charge < -0.3 is 15.1 Å². The number of nitrogens with one attached hydrogen (secondary N) is 1. The zero-order valence-electron chi connectivity index (χ0n) is 13.1. The van der Waals surface area contributed by atoms with Crippen molar-refractivity contribution in [2.45, 2.75) is 58.0 Å². The van der Waals surface area contributed by atoms with E-state index < -0.39 is 0 Å². The fourth-order valence-corrected chi connectivity index (χ4v) is 2.57. The first kappa shape index (κ1) is 15.9. The summed E-state index contributed by atoms with van der Waals surface area (Å²) in [5.41, 5.74) is 0.264. The van der Waals surface area contributed by atoms with Crippen molar-refractivity contribution in [3.63, 3.8) is 0 Å². The Morgan fingerprint density at radius 3 is 2.33 bits per heavy atom. The summed E-state index contributed by atoms with van der Waals surface area (Å²) in [6, 6.07) is 0.816. The maximum absolute atomic E-state index is 3.56. The summed E-state index contributed by atoms with van der Waals surface area (Å²) in [5.74, 6) is 0. The molecule has 0 unspecified atom stereocenters. The summed E-state index contributed by atoms with van der Waals surface area (Å²) >= 11 is 0. The van der Waals surface area contributed by atoms with Crippen LogP contribution >= 0.6 is 0 Å². The molecule has 0 bridgehead atoms. The van der Waals surface area contributed by atoms with E-state index in [1.807, 2.05) is 0 Å². The van der Waals surface area contributed by atoms with Gasteiger partial charge in [-0.25, -0.2) is 0 Å². The third-order valence-electron chi connectivity index (χ3n) is 3.90. The lowest BCUT2D eigenvalue weighted by Gasteiger charge is -2.35. The fraction of sp³-hybridized carbons (Fsp3) is 1.00. The Labute approximate surface area is 114 Å². The molecule has 1 fully saturated rings. The van der Waals surface area contributed by atoms with Gasteiger partial charge in [-0.15, -0.1) is 0 Å². The number of hydrogen-bond donors (Lipinski definition) is 1. The van der Waals surface area contributed by atoms with Gasteiger partial charge in [0.25, 0.3) is 0 Å². The van der Waals surface area contributed by atoms with Gasteiger partial charge in [0.15, 0.2) is 0 Å². The number of rotatable bonds is 6. The summed E-state index contributed by atoms with van der Waals surface area (Å²) in [6.07, 6.45) is 5.28. The first-order valence-corrected chi connectivity index (χ1v) is 7.52. The molecule has 1 heterocycles. The molecule has 0 radical (unpaired) electrons. The largest absolute Gasteiger partial charge is 0.312 e. The van der Waals surface area contributed by atoms with Crippen molar-refractivity contribution >= 4 is 0 Å². The highest BCUT2D eigenvalue weighted by Gasteiger charge is 2.19. The standard InChI is InChI=1S/C15H33N3/c1-15(2,3)16-10-6-7-11-18(5)14-8-12-17(4)13-9-14/h14,16H,6-13H2,1-5H3. The van der Waals surface area contributed by atoms with E-state index in [-0.39, 0.29) is 5.54 Å². The Morgan fingerprint density at radius 2 is 1.78 bits per heavy atom. The number of unbranched alkanes of at least 4 members (excludes halogenated alkanes) is 1. The Hall–Kier alpha value is -0.120. The molecular formula is C15H33N3. The predicted octanol–water partition coefficient (Wildman–Crippen LogP) is 2.18. The van der Waals surface area contributed by atoms with Crippen molar-refractivity contribution < 1.29 is 0 Å². The van der Waals surface area contributed by atoms with E-state index in [1.54, 1.807) is 0 Å². The molecule has 1 aliphatic rings. The highest BCUT2D eigenvalue weighted by molar-refractivity contribution is 4.77. The Balaban J connectivity index is 2.05. The molecule has 3 heteroatoms. The van der Waals surface area contributed by atoms with Crippen LogP contribution in [0.3, 0.4) is 0 Å². The van der Waals surface area contributed by atoms with Crippen LogP contribution in [0, 0.1) is 0 Å². The molecule has 0 aromatic carbocycles. The monoisotopic (exact) mass is 255 g/mol. The van der Waals surface area contributed by atoms with E-state index in [2.05, 4.69) is 50.0 Å². The maximum atomic E-state index is 3.56. The van der Waals surface area contributed by atoms with Crippen LogP contribution < -0.4 is 5.32 Å². The van der Waals surface area contributed by atoms with Crippen LogP contribution in [0.4, 0.5) is 0 Å². The topological polar surface area (TPSA) is 18.5 Å². The Kier molecular flexibility index (Phi) is 6.61. The minimum absolute atomic E-state index is 0.264. The highest BCUT2D eigenvalue weighted by atomic mass is 15.2. The number of hydrogen-bond acceptors (Lipinski definition) is 3. The minimum Gasteiger partial charge on any atom is -0.312 e. The smallest absolute Gasteiger partial charge is 0.0117 e. The molecule has 1 saturated heterocycles. The van der Waals surface area contributed by atoms with Gasteiger partial charge in [-0.05, 0) is 86.7 Å². The number of likely N-dealkylation sites (tertiary alicyclic amines) is 1. The molecular weight excluding hydrogens is 222 g/mol. The molecule has 1 N–H and O–H groups in total. The van der Waals surface area contributed by atoms with E-state index in [1.165, 1.54) is 45.3 Å². The zero-order valence-corrected chi connectivity index (χ0v) is 13.1. The average molecular weight is 255 g/mol. The molecule has 0 aromatic rings. The van der Waals surface area contributed by atoms with Gasteiger partial charge in [-0.3, -0.25) is 0 Å². The number of piperidine rings is 1. The van der Waals surface area contributed by atoms with Crippen LogP contribution in [0.2, 0.25) is 0 Å². The van der Waals surface area contributed by atoms with E-state index in [0.717, 1.165) is 12.6 Å². The van der Waals surface area contributed by atoms with Crippen LogP contribution in [0.15, 0.2) is 0 Å². The first-order valence-electron chi connectivity index (χ1n) is 7.52. The molecule has 108 valence electrons. The second-order valence-corrected chi connectivity index (χ2v) is 6.90. The minimum atomic E-state index is 0.264. The van der Waals surface area contributed by atoms with Gasteiger partial charge in [0, 0.05) is 11.6 Å². The van der Waals surface area contributed by atoms with Gasteiger partial charge in [-0.1, -0.05) is 0 Å². The molecule has 0 saturated carbocycles. The highest BCUT2D eigenvalue weighted by Crippen LogP contribution is 2.14. The Bertz CT molecular complexity index is 214. The van der Waals surface area contributed by atoms with Gasteiger partial charge in [0.05, 0.1) is 0 Å². The third-order valence-corrected chi connectivity index (χ3v) is 3.90. The molecule has 1 aliphatic heterocycles. The van der Waals surface area contributed by atoms with Crippen molar-refractivity contribution in [3.8, 4) is 0 Å². The summed E-state index contributed by atoms with van der Waals surface area (Å²) in [6.45, 7) is 11.6. The predicted molar refractivity (Wildman–Crippen MR) is 80.1 cm³/mol. The maximum Gasteiger partial charge on any atom is 0.0117 e. The van der Waals surface area contributed by atoms with Crippen LogP contribution in [-0.2, 0) is 0 Å². The van der Waals surface area contributed by atoms with Crippen LogP contribution in [-0.4, -0.2) is 61.7 Å². The lowest BCUT2D eigenvalue weighted by atomic mass is 10.0. The molecule has 0 amide bonds. The Morgan fingerprint density at radius 1 is 1.17 bits per heavy atom. The van der Waals surface area contributed by atoms with Crippen LogP contribution in [0.25, 0.3) is 0 Å². The van der Waals surface area contributed by atoms with Crippen molar-refractivity contribution in [2.75, 3.05) is 40.3 Å². The van der Waals surface area contributed by atoms with E-state index in [9.17, 15) is 0 Å². The summed E-state index contributed by atoms with van der Waals surface area (Å²) in [7, 11) is 4.53. The normalized spacial score (nSPS) is 19.7. The van der Waals surface area contributed by atoms with Crippen LogP contribution in [0.5, 0.6) is 0 Å². The summed E-state index contributed by atoms with van der Waals surface area (Å²) in [4.78, 5) is 5.02. The molecule has 18 heavy (non-hydrogen) atoms. The number of nitrogens with zero attached hydrogens (tertiary/aromatic N) is 2. The van der Waals surface area contributed by atoms with Crippen LogP contribution in [0.1, 0.15) is 46.5 Å².